The van der Waals surface area contributed by atoms with Crippen LogP contribution in [0, 0.1) is 5.41 Å². The van der Waals surface area contributed by atoms with E-state index in [1.807, 2.05) is 0 Å². The Morgan fingerprint density at radius 2 is 0.926 bits per heavy atom. The summed E-state index contributed by atoms with van der Waals surface area (Å²) >= 11 is 0. The van der Waals surface area contributed by atoms with Gasteiger partial charge in [0.15, 0.2) is 0 Å². The van der Waals surface area contributed by atoms with Gasteiger partial charge in [0, 0.05) is 25.9 Å². The van der Waals surface area contributed by atoms with Crippen LogP contribution in [0.2, 0.25) is 0 Å². The molecule has 0 unspecified atom stereocenters. The van der Waals surface area contributed by atoms with Crippen LogP contribution in [0.5, 0.6) is 0 Å². The quantitative estimate of drug-likeness (QED) is 0.297. The maximum atomic E-state index is 12.0. The summed E-state index contributed by atoms with van der Waals surface area (Å²) in [5.74, 6) is 0.272. The van der Waals surface area contributed by atoms with E-state index >= 15 is 0 Å². The van der Waals surface area contributed by atoms with Crippen LogP contribution in [-0.4, -0.2) is 24.9 Å². The van der Waals surface area contributed by atoms with Gasteiger partial charge in [-0.15, -0.1) is 0 Å². The maximum absolute atomic E-state index is 12.0. The molecule has 0 radical (unpaired) electrons. The van der Waals surface area contributed by atoms with Crippen LogP contribution >= 0.6 is 0 Å². The molecule has 4 nitrogen and oxygen atoms in total. The minimum atomic E-state index is -0.117. The third-order valence-corrected chi connectivity index (χ3v) is 5.04. The molecule has 4 heteroatoms. The first kappa shape index (κ1) is 25.9. The van der Waals surface area contributed by atoms with Gasteiger partial charge in [-0.2, -0.15) is 0 Å². The molecule has 0 saturated carbocycles. The van der Waals surface area contributed by atoms with Crippen molar-refractivity contribution in [1.29, 1.82) is 0 Å². The van der Waals surface area contributed by atoms with E-state index < -0.39 is 0 Å². The van der Waals surface area contributed by atoms with E-state index in [4.69, 9.17) is 0 Å². The van der Waals surface area contributed by atoms with E-state index in [0.29, 0.717) is 25.9 Å². The summed E-state index contributed by atoms with van der Waals surface area (Å²) in [4.78, 5) is 23.9. The standard InChI is InChI=1S/C23H46N2O2/c1-5-7-9-11-13-15-17-21(26)24-19-23(3,4)20-25-22(27)18-16-14-12-10-8-6-2/h5-20H2,1-4H3,(H,24,26)(H,25,27). The van der Waals surface area contributed by atoms with Crippen molar-refractivity contribution in [2.24, 2.45) is 5.41 Å². The number of rotatable bonds is 18. The lowest BCUT2D eigenvalue weighted by Gasteiger charge is -2.25. The fourth-order valence-corrected chi connectivity index (χ4v) is 3.05. The SMILES string of the molecule is CCCCCCCCC(=O)NCC(C)(C)CNC(=O)CCCCCCCC. The van der Waals surface area contributed by atoms with Crippen molar-refractivity contribution in [3.63, 3.8) is 0 Å². The minimum absolute atomic E-state index is 0.117. The van der Waals surface area contributed by atoms with Gasteiger partial charge < -0.3 is 10.6 Å². The number of hydrogen-bond acceptors (Lipinski definition) is 2. The van der Waals surface area contributed by atoms with Crippen LogP contribution in [0.25, 0.3) is 0 Å². The molecule has 0 heterocycles. The molecule has 27 heavy (non-hydrogen) atoms. The average molecular weight is 383 g/mol. The van der Waals surface area contributed by atoms with E-state index in [0.717, 1.165) is 25.7 Å². The molecule has 0 bridgehead atoms. The summed E-state index contributed by atoms with van der Waals surface area (Å²) < 4.78 is 0. The minimum Gasteiger partial charge on any atom is -0.356 e. The fourth-order valence-electron chi connectivity index (χ4n) is 3.05. The topological polar surface area (TPSA) is 58.2 Å². The summed E-state index contributed by atoms with van der Waals surface area (Å²) in [5, 5.41) is 6.06. The van der Waals surface area contributed by atoms with Gasteiger partial charge in [0.25, 0.3) is 0 Å². The summed E-state index contributed by atoms with van der Waals surface area (Å²) in [6, 6.07) is 0. The van der Waals surface area contributed by atoms with Crippen molar-refractivity contribution in [1.82, 2.24) is 10.6 Å². The van der Waals surface area contributed by atoms with Crippen LogP contribution in [0.1, 0.15) is 118 Å². The van der Waals surface area contributed by atoms with Gasteiger partial charge in [-0.3, -0.25) is 9.59 Å². The van der Waals surface area contributed by atoms with E-state index in [1.54, 1.807) is 0 Å². The lowest BCUT2D eigenvalue weighted by atomic mass is 9.93. The Kier molecular flexibility index (Phi) is 16.4. The molecule has 0 atom stereocenters. The van der Waals surface area contributed by atoms with E-state index in [9.17, 15) is 9.59 Å². The number of unbranched alkanes of at least 4 members (excludes halogenated alkanes) is 10. The van der Waals surface area contributed by atoms with Gasteiger partial charge in [0.2, 0.25) is 11.8 Å². The predicted octanol–water partition coefficient (Wildman–Crippen LogP) is 5.75. The zero-order chi connectivity index (χ0) is 20.4. The van der Waals surface area contributed by atoms with Crippen molar-refractivity contribution in [2.45, 2.75) is 118 Å². The first-order chi connectivity index (χ1) is 12.9. The van der Waals surface area contributed by atoms with E-state index in [1.165, 1.54) is 51.4 Å². The predicted molar refractivity (Wildman–Crippen MR) is 116 cm³/mol. The van der Waals surface area contributed by atoms with Crippen LogP contribution in [-0.2, 0) is 9.59 Å². The van der Waals surface area contributed by atoms with Crippen LogP contribution in [0.15, 0.2) is 0 Å². The van der Waals surface area contributed by atoms with Crippen LogP contribution in [0.3, 0.4) is 0 Å². The highest BCUT2D eigenvalue weighted by atomic mass is 16.2. The molecule has 2 N–H and O–H groups in total. The van der Waals surface area contributed by atoms with E-state index in [2.05, 4.69) is 38.3 Å². The first-order valence-corrected chi connectivity index (χ1v) is 11.4. The van der Waals surface area contributed by atoms with Gasteiger partial charge in [-0.25, -0.2) is 0 Å². The summed E-state index contributed by atoms with van der Waals surface area (Å²) in [5.41, 5.74) is -0.117. The lowest BCUT2D eigenvalue weighted by Crippen LogP contribution is -2.42. The van der Waals surface area contributed by atoms with Crippen molar-refractivity contribution in [3.8, 4) is 0 Å². The molecule has 160 valence electrons. The number of nitrogens with one attached hydrogen (secondary N) is 2. The van der Waals surface area contributed by atoms with E-state index in [-0.39, 0.29) is 17.2 Å². The molecule has 2 amide bonds. The molecule has 0 aliphatic carbocycles. The smallest absolute Gasteiger partial charge is 0.220 e. The third-order valence-electron chi connectivity index (χ3n) is 5.04. The summed E-state index contributed by atoms with van der Waals surface area (Å²) in [6.07, 6.45) is 15.6. The number of carbonyl (C=O) groups excluding carboxylic acids is 2. The first-order valence-electron chi connectivity index (χ1n) is 11.4. The molecule has 0 aromatic rings. The largest absolute Gasteiger partial charge is 0.356 e. The van der Waals surface area contributed by atoms with Gasteiger partial charge in [-0.05, 0) is 18.3 Å². The highest BCUT2D eigenvalue weighted by Crippen LogP contribution is 2.13. The fraction of sp³-hybridized carbons (Fsp3) is 0.913. The van der Waals surface area contributed by atoms with Crippen LogP contribution < -0.4 is 10.6 Å². The molecule has 0 saturated heterocycles. The average Bonchev–Trinajstić information content (AvgIpc) is 2.64. The van der Waals surface area contributed by atoms with Crippen molar-refractivity contribution in [2.75, 3.05) is 13.1 Å². The third kappa shape index (κ3) is 18.1. The monoisotopic (exact) mass is 382 g/mol. The second-order valence-electron chi connectivity index (χ2n) is 8.75. The second-order valence-corrected chi connectivity index (χ2v) is 8.75. The van der Waals surface area contributed by atoms with Gasteiger partial charge in [-0.1, -0.05) is 91.9 Å². The normalized spacial score (nSPS) is 11.4. The molecule has 0 rings (SSSR count). The van der Waals surface area contributed by atoms with Crippen molar-refractivity contribution in [3.05, 3.63) is 0 Å². The van der Waals surface area contributed by atoms with Gasteiger partial charge >= 0.3 is 0 Å². The molecular formula is C23H46N2O2. The molecule has 0 spiro atoms. The second kappa shape index (κ2) is 17.1. The Bertz CT molecular complexity index is 347. The lowest BCUT2D eigenvalue weighted by molar-refractivity contribution is -0.121. The zero-order valence-corrected chi connectivity index (χ0v) is 18.6. The molecule has 0 fully saturated rings. The van der Waals surface area contributed by atoms with Crippen molar-refractivity contribution >= 4 is 11.8 Å². The highest BCUT2D eigenvalue weighted by molar-refractivity contribution is 5.76. The Labute approximate surface area is 168 Å². The summed E-state index contributed by atoms with van der Waals surface area (Å²) in [7, 11) is 0. The number of hydrogen-bond donors (Lipinski definition) is 2. The van der Waals surface area contributed by atoms with Gasteiger partial charge in [0.05, 0.1) is 0 Å². The summed E-state index contributed by atoms with van der Waals surface area (Å²) in [6.45, 7) is 9.82. The zero-order valence-electron chi connectivity index (χ0n) is 18.6. The number of carbonyl (C=O) groups is 2. The molecule has 0 aliphatic rings. The Morgan fingerprint density at radius 1 is 0.593 bits per heavy atom. The van der Waals surface area contributed by atoms with Crippen molar-refractivity contribution < 1.29 is 9.59 Å². The Hall–Kier alpha value is -1.06. The highest BCUT2D eigenvalue weighted by Gasteiger charge is 2.19. The molecule has 0 aromatic carbocycles. The molecule has 0 aromatic heterocycles. The van der Waals surface area contributed by atoms with Gasteiger partial charge in [0.1, 0.15) is 0 Å². The molecule has 0 aliphatic heterocycles. The Morgan fingerprint density at radius 3 is 1.30 bits per heavy atom. The maximum Gasteiger partial charge on any atom is 0.220 e. The van der Waals surface area contributed by atoms with Crippen LogP contribution in [0.4, 0.5) is 0 Å². The molecular weight excluding hydrogens is 336 g/mol. The number of amides is 2. The Balaban J connectivity index is 3.71.